The van der Waals surface area contributed by atoms with E-state index < -0.39 is 0 Å². The number of rotatable bonds is 2. The summed E-state index contributed by atoms with van der Waals surface area (Å²) in [7, 11) is 0. The van der Waals surface area contributed by atoms with E-state index in [1.54, 1.807) is 18.5 Å². The van der Waals surface area contributed by atoms with Crippen molar-refractivity contribution in [3.05, 3.63) is 36.4 Å². The average molecular weight is 245 g/mol. The summed E-state index contributed by atoms with van der Waals surface area (Å²) >= 11 is 0. The summed E-state index contributed by atoms with van der Waals surface area (Å²) in [5, 5.41) is 6.63. The van der Waals surface area contributed by atoms with Crippen molar-refractivity contribution in [2.45, 2.75) is 19.3 Å². The maximum Gasteiger partial charge on any atom is 0.147 e. The molecule has 1 N–H and O–H groups in total. The zero-order chi connectivity index (χ0) is 12.4. The molecular weight excluding hydrogens is 229 g/mol. The average Bonchev–Trinajstić information content (AvgIpc) is 2.93. The largest absolute Gasteiger partial charge is 0.369 e. The summed E-state index contributed by atoms with van der Waals surface area (Å²) in [5.74, 6) is -0.143. The third-order valence-electron chi connectivity index (χ3n) is 3.48. The van der Waals surface area contributed by atoms with E-state index in [0.717, 1.165) is 42.7 Å². The Morgan fingerprint density at radius 2 is 1.94 bits per heavy atom. The van der Waals surface area contributed by atoms with Gasteiger partial charge in [0.2, 0.25) is 0 Å². The van der Waals surface area contributed by atoms with Crippen molar-refractivity contribution in [1.29, 1.82) is 0 Å². The first-order chi connectivity index (χ1) is 8.84. The number of hydrogen-bond acceptors (Lipinski definition) is 2. The highest BCUT2D eigenvalue weighted by Gasteiger charge is 2.15. The van der Waals surface area contributed by atoms with E-state index in [9.17, 15) is 4.39 Å². The van der Waals surface area contributed by atoms with Gasteiger partial charge in [-0.3, -0.25) is 5.10 Å². The first-order valence-electron chi connectivity index (χ1n) is 6.38. The third-order valence-corrected chi connectivity index (χ3v) is 3.48. The Labute approximate surface area is 106 Å². The number of halogens is 1. The molecule has 0 amide bonds. The Morgan fingerprint density at radius 3 is 2.61 bits per heavy atom. The number of nitrogens with zero attached hydrogens (tertiary/aromatic N) is 2. The van der Waals surface area contributed by atoms with Crippen LogP contribution in [0.15, 0.2) is 30.6 Å². The molecule has 18 heavy (non-hydrogen) atoms. The second kappa shape index (κ2) is 4.80. The maximum absolute atomic E-state index is 14.2. The molecule has 1 saturated heterocycles. The summed E-state index contributed by atoms with van der Waals surface area (Å²) in [4.78, 5) is 2.14. The van der Waals surface area contributed by atoms with Gasteiger partial charge in [0.15, 0.2) is 0 Å². The molecule has 94 valence electrons. The molecular formula is C14H16FN3. The van der Waals surface area contributed by atoms with E-state index in [4.69, 9.17) is 0 Å². The molecule has 1 fully saturated rings. The molecule has 0 spiro atoms. The second-order valence-corrected chi connectivity index (χ2v) is 4.70. The van der Waals surface area contributed by atoms with Gasteiger partial charge >= 0.3 is 0 Å². The molecule has 1 aromatic carbocycles. The van der Waals surface area contributed by atoms with Gasteiger partial charge in [0.1, 0.15) is 5.82 Å². The standard InChI is InChI=1S/C14H16FN3/c15-13-8-11(12-9-16-17-10-12)4-5-14(13)18-6-2-1-3-7-18/h4-5,8-10H,1-3,6-7H2,(H,16,17). The van der Waals surface area contributed by atoms with Crippen molar-refractivity contribution in [3.63, 3.8) is 0 Å². The molecule has 4 heteroatoms. The minimum absolute atomic E-state index is 0.143. The Morgan fingerprint density at radius 1 is 1.11 bits per heavy atom. The molecule has 1 aliphatic heterocycles. The third kappa shape index (κ3) is 2.10. The van der Waals surface area contributed by atoms with Crippen LogP contribution in [0.3, 0.4) is 0 Å². The molecule has 0 unspecified atom stereocenters. The number of aromatic nitrogens is 2. The van der Waals surface area contributed by atoms with Gasteiger partial charge in [-0.1, -0.05) is 6.07 Å². The minimum Gasteiger partial charge on any atom is -0.369 e. The lowest BCUT2D eigenvalue weighted by molar-refractivity contribution is 0.557. The molecule has 1 aromatic heterocycles. The van der Waals surface area contributed by atoms with Crippen LogP contribution in [-0.2, 0) is 0 Å². The number of nitrogens with one attached hydrogen (secondary N) is 1. The van der Waals surface area contributed by atoms with Gasteiger partial charge in [-0.25, -0.2) is 4.39 Å². The summed E-state index contributed by atoms with van der Waals surface area (Å²) in [6.45, 7) is 1.92. The van der Waals surface area contributed by atoms with E-state index in [2.05, 4.69) is 15.1 Å². The molecule has 0 atom stereocenters. The Kier molecular flexibility index (Phi) is 3.00. The normalized spacial score (nSPS) is 15.9. The van der Waals surface area contributed by atoms with Crippen molar-refractivity contribution in [3.8, 4) is 11.1 Å². The highest BCUT2D eigenvalue weighted by molar-refractivity contribution is 5.65. The quantitative estimate of drug-likeness (QED) is 0.881. The Bertz CT molecular complexity index is 516. The van der Waals surface area contributed by atoms with Gasteiger partial charge in [0.05, 0.1) is 11.9 Å². The molecule has 2 aromatic rings. The second-order valence-electron chi connectivity index (χ2n) is 4.70. The fraction of sp³-hybridized carbons (Fsp3) is 0.357. The summed E-state index contributed by atoms with van der Waals surface area (Å²) in [6.07, 6.45) is 7.04. The van der Waals surface area contributed by atoms with Crippen molar-refractivity contribution >= 4 is 5.69 Å². The van der Waals surface area contributed by atoms with Crippen LogP contribution in [0.1, 0.15) is 19.3 Å². The number of aromatic amines is 1. The molecule has 1 aliphatic rings. The zero-order valence-electron chi connectivity index (χ0n) is 10.2. The van der Waals surface area contributed by atoms with Gasteiger partial charge < -0.3 is 4.90 Å². The van der Waals surface area contributed by atoms with Crippen LogP contribution < -0.4 is 4.90 Å². The lowest BCUT2D eigenvalue weighted by Gasteiger charge is -2.29. The summed E-state index contributed by atoms with van der Waals surface area (Å²) in [5.41, 5.74) is 2.50. The Balaban J connectivity index is 1.89. The topological polar surface area (TPSA) is 31.9 Å². The highest BCUT2D eigenvalue weighted by atomic mass is 19.1. The van der Waals surface area contributed by atoms with Crippen LogP contribution in [0.25, 0.3) is 11.1 Å². The fourth-order valence-electron chi connectivity index (χ4n) is 2.49. The van der Waals surface area contributed by atoms with E-state index in [1.807, 2.05) is 12.1 Å². The van der Waals surface area contributed by atoms with Crippen LogP contribution in [0.2, 0.25) is 0 Å². The fourth-order valence-corrected chi connectivity index (χ4v) is 2.49. The van der Waals surface area contributed by atoms with Gasteiger partial charge in [-0.15, -0.1) is 0 Å². The maximum atomic E-state index is 14.2. The van der Waals surface area contributed by atoms with Gasteiger partial charge in [-0.05, 0) is 37.0 Å². The number of H-pyrrole nitrogens is 1. The van der Waals surface area contributed by atoms with E-state index in [0.29, 0.717) is 0 Å². The molecule has 3 rings (SSSR count). The zero-order valence-corrected chi connectivity index (χ0v) is 10.2. The Hall–Kier alpha value is -1.84. The van der Waals surface area contributed by atoms with Crippen LogP contribution >= 0.6 is 0 Å². The lowest BCUT2D eigenvalue weighted by Crippen LogP contribution is -2.30. The number of piperidine rings is 1. The van der Waals surface area contributed by atoms with Gasteiger partial charge in [0, 0.05) is 24.8 Å². The van der Waals surface area contributed by atoms with Crippen molar-refractivity contribution in [2.75, 3.05) is 18.0 Å². The molecule has 0 radical (unpaired) electrons. The predicted molar refractivity (Wildman–Crippen MR) is 70.0 cm³/mol. The van der Waals surface area contributed by atoms with E-state index >= 15 is 0 Å². The van der Waals surface area contributed by atoms with Gasteiger partial charge in [-0.2, -0.15) is 5.10 Å². The predicted octanol–water partition coefficient (Wildman–Crippen LogP) is 3.21. The van der Waals surface area contributed by atoms with Crippen molar-refractivity contribution in [1.82, 2.24) is 10.2 Å². The van der Waals surface area contributed by atoms with Crippen molar-refractivity contribution in [2.24, 2.45) is 0 Å². The first kappa shape index (κ1) is 11.3. The van der Waals surface area contributed by atoms with E-state index in [-0.39, 0.29) is 5.82 Å². The molecule has 2 heterocycles. The molecule has 0 saturated carbocycles. The van der Waals surface area contributed by atoms with Gasteiger partial charge in [0.25, 0.3) is 0 Å². The first-order valence-corrected chi connectivity index (χ1v) is 6.38. The van der Waals surface area contributed by atoms with E-state index in [1.165, 1.54) is 6.42 Å². The molecule has 3 nitrogen and oxygen atoms in total. The van der Waals surface area contributed by atoms with Crippen LogP contribution in [0.5, 0.6) is 0 Å². The smallest absolute Gasteiger partial charge is 0.147 e. The lowest BCUT2D eigenvalue weighted by atomic mass is 10.1. The van der Waals surface area contributed by atoms with Crippen LogP contribution in [-0.4, -0.2) is 23.3 Å². The van der Waals surface area contributed by atoms with Crippen LogP contribution in [0.4, 0.5) is 10.1 Å². The monoisotopic (exact) mass is 245 g/mol. The van der Waals surface area contributed by atoms with Crippen molar-refractivity contribution < 1.29 is 4.39 Å². The number of benzene rings is 1. The SMILES string of the molecule is Fc1cc(-c2cn[nH]c2)ccc1N1CCCCC1. The highest BCUT2D eigenvalue weighted by Crippen LogP contribution is 2.27. The minimum atomic E-state index is -0.143. The molecule has 0 bridgehead atoms. The summed E-state index contributed by atoms with van der Waals surface area (Å²) < 4.78 is 14.2. The number of anilines is 1. The van der Waals surface area contributed by atoms with Crippen LogP contribution in [0, 0.1) is 5.82 Å². The number of hydrogen-bond donors (Lipinski definition) is 1. The molecule has 0 aliphatic carbocycles. The summed E-state index contributed by atoms with van der Waals surface area (Å²) in [6, 6.07) is 5.43.